The van der Waals surface area contributed by atoms with Gasteiger partial charge in [-0.2, -0.15) is 0 Å². The molecule has 1 aromatic carbocycles. The maximum Gasteiger partial charge on any atom is 0.0574 e. The summed E-state index contributed by atoms with van der Waals surface area (Å²) in [4.78, 5) is 2.32. The highest BCUT2D eigenvalue weighted by atomic mass is 35.5. The molecular formula is C14H21ClN2O. The van der Waals surface area contributed by atoms with Crippen LogP contribution < -0.4 is 10.2 Å². The van der Waals surface area contributed by atoms with E-state index in [9.17, 15) is 5.11 Å². The van der Waals surface area contributed by atoms with Gasteiger partial charge in [-0.15, -0.1) is 0 Å². The van der Waals surface area contributed by atoms with E-state index >= 15 is 0 Å². The van der Waals surface area contributed by atoms with Gasteiger partial charge in [0.1, 0.15) is 0 Å². The van der Waals surface area contributed by atoms with Crippen LogP contribution in [-0.2, 0) is 6.54 Å². The van der Waals surface area contributed by atoms with Crippen molar-refractivity contribution in [3.8, 4) is 0 Å². The topological polar surface area (TPSA) is 35.5 Å². The fourth-order valence-corrected chi connectivity index (χ4v) is 2.51. The number of aliphatic hydroxyl groups is 1. The molecule has 0 aromatic heterocycles. The van der Waals surface area contributed by atoms with Gasteiger partial charge in [-0.3, -0.25) is 0 Å². The normalized spacial score (nSPS) is 17.2. The number of nitrogens with zero attached hydrogens (tertiary/aromatic N) is 1. The first-order valence-electron chi connectivity index (χ1n) is 6.63. The molecule has 0 atom stereocenters. The van der Waals surface area contributed by atoms with Crippen molar-refractivity contribution in [3.63, 3.8) is 0 Å². The van der Waals surface area contributed by atoms with Crippen LogP contribution in [0.3, 0.4) is 0 Å². The van der Waals surface area contributed by atoms with Crippen LogP contribution >= 0.6 is 11.6 Å². The minimum absolute atomic E-state index is 0.141. The molecule has 1 aliphatic heterocycles. The van der Waals surface area contributed by atoms with Crippen molar-refractivity contribution in [2.24, 2.45) is 0 Å². The highest BCUT2D eigenvalue weighted by molar-refractivity contribution is 6.30. The van der Waals surface area contributed by atoms with Crippen molar-refractivity contribution in [2.45, 2.75) is 32.4 Å². The van der Waals surface area contributed by atoms with Gasteiger partial charge in [0.15, 0.2) is 0 Å². The summed E-state index contributed by atoms with van der Waals surface area (Å²) >= 11 is 6.10. The van der Waals surface area contributed by atoms with E-state index in [1.54, 1.807) is 0 Å². The Morgan fingerprint density at radius 1 is 1.39 bits per heavy atom. The Hall–Kier alpha value is -0.770. The van der Waals surface area contributed by atoms with Crippen molar-refractivity contribution >= 4 is 17.3 Å². The van der Waals surface area contributed by atoms with Gasteiger partial charge in [-0.05, 0) is 37.1 Å². The van der Waals surface area contributed by atoms with Crippen LogP contribution in [0.2, 0.25) is 5.02 Å². The maximum absolute atomic E-state index is 9.57. The van der Waals surface area contributed by atoms with E-state index in [1.807, 2.05) is 12.1 Å². The molecule has 1 heterocycles. The summed E-state index contributed by atoms with van der Waals surface area (Å²) in [5, 5.41) is 13.7. The van der Waals surface area contributed by atoms with Crippen LogP contribution in [0.25, 0.3) is 0 Å². The van der Waals surface area contributed by atoms with Crippen molar-refractivity contribution < 1.29 is 5.11 Å². The van der Waals surface area contributed by atoms with Gasteiger partial charge in [-0.25, -0.2) is 0 Å². The average molecular weight is 269 g/mol. The summed E-state index contributed by atoms with van der Waals surface area (Å²) in [5.74, 6) is 0. The van der Waals surface area contributed by atoms with Crippen LogP contribution in [0.1, 0.15) is 25.3 Å². The molecule has 1 saturated heterocycles. The Kier molecular flexibility index (Phi) is 4.87. The number of anilines is 1. The highest BCUT2D eigenvalue weighted by Gasteiger charge is 2.19. The molecule has 3 nitrogen and oxygen atoms in total. The summed E-state index contributed by atoms with van der Waals surface area (Å²) in [5.41, 5.74) is 2.48. The molecule has 4 heteroatoms. The van der Waals surface area contributed by atoms with Crippen LogP contribution in [0.4, 0.5) is 5.69 Å². The molecule has 0 amide bonds. The monoisotopic (exact) mass is 268 g/mol. The van der Waals surface area contributed by atoms with Crippen molar-refractivity contribution in [3.05, 3.63) is 28.8 Å². The first-order chi connectivity index (χ1) is 8.70. The fraction of sp³-hybridized carbons (Fsp3) is 0.571. The first-order valence-corrected chi connectivity index (χ1v) is 7.00. The third-order valence-electron chi connectivity index (χ3n) is 3.42. The lowest BCUT2D eigenvalue weighted by atomic mass is 10.0. The van der Waals surface area contributed by atoms with Crippen LogP contribution in [0.5, 0.6) is 0 Å². The van der Waals surface area contributed by atoms with Gasteiger partial charge in [0, 0.05) is 30.3 Å². The molecule has 0 spiro atoms. The van der Waals surface area contributed by atoms with E-state index in [1.165, 1.54) is 11.3 Å². The number of nitrogens with one attached hydrogen (secondary N) is 1. The predicted octanol–water partition coefficient (Wildman–Crippen LogP) is 2.41. The quantitative estimate of drug-likeness (QED) is 0.880. The van der Waals surface area contributed by atoms with Gasteiger partial charge in [-0.1, -0.05) is 24.6 Å². The molecule has 1 aliphatic rings. The number of hydrogen-bond donors (Lipinski definition) is 2. The highest BCUT2D eigenvalue weighted by Crippen LogP contribution is 2.27. The Balaban J connectivity index is 2.16. The predicted molar refractivity (Wildman–Crippen MR) is 76.3 cm³/mol. The van der Waals surface area contributed by atoms with E-state index in [0.29, 0.717) is 0 Å². The van der Waals surface area contributed by atoms with Crippen LogP contribution in [-0.4, -0.2) is 30.8 Å². The number of aliphatic hydroxyl groups excluding tert-OH is 1. The second kappa shape index (κ2) is 6.41. The molecule has 0 radical (unpaired) electrons. The number of piperidine rings is 1. The Bertz CT molecular complexity index is 389. The van der Waals surface area contributed by atoms with E-state index in [0.717, 1.165) is 44.0 Å². The third kappa shape index (κ3) is 3.37. The van der Waals surface area contributed by atoms with Gasteiger partial charge in [0.25, 0.3) is 0 Å². The van der Waals surface area contributed by atoms with Crippen LogP contribution in [0, 0.1) is 0 Å². The zero-order valence-electron chi connectivity index (χ0n) is 10.8. The van der Waals surface area contributed by atoms with E-state index < -0.39 is 0 Å². The van der Waals surface area contributed by atoms with Crippen molar-refractivity contribution in [2.75, 3.05) is 24.5 Å². The minimum Gasteiger partial charge on any atom is -0.393 e. The molecule has 0 unspecified atom stereocenters. The fourth-order valence-electron chi connectivity index (χ4n) is 2.35. The van der Waals surface area contributed by atoms with Gasteiger partial charge < -0.3 is 15.3 Å². The molecule has 100 valence electrons. The Morgan fingerprint density at radius 2 is 2.11 bits per heavy atom. The van der Waals surface area contributed by atoms with Gasteiger partial charge in [0.2, 0.25) is 0 Å². The lowest BCUT2D eigenvalue weighted by Crippen LogP contribution is -2.36. The molecule has 18 heavy (non-hydrogen) atoms. The van der Waals surface area contributed by atoms with Crippen molar-refractivity contribution in [1.29, 1.82) is 0 Å². The molecule has 2 rings (SSSR count). The second-order valence-corrected chi connectivity index (χ2v) is 5.21. The number of rotatable bonds is 4. The number of halogens is 1. The Labute approximate surface area is 114 Å². The molecule has 2 N–H and O–H groups in total. The summed E-state index contributed by atoms with van der Waals surface area (Å²) < 4.78 is 0. The summed E-state index contributed by atoms with van der Waals surface area (Å²) in [6, 6.07) is 6.06. The SMILES string of the molecule is CCNCc1ccc(Cl)cc1N1CCC(O)CC1. The number of hydrogen-bond acceptors (Lipinski definition) is 3. The first kappa shape index (κ1) is 13.7. The van der Waals surface area contributed by atoms with E-state index in [-0.39, 0.29) is 6.10 Å². The van der Waals surface area contributed by atoms with Gasteiger partial charge in [0.05, 0.1) is 6.10 Å². The lowest BCUT2D eigenvalue weighted by molar-refractivity contribution is 0.145. The van der Waals surface area contributed by atoms with Crippen LogP contribution in [0.15, 0.2) is 18.2 Å². The zero-order valence-corrected chi connectivity index (χ0v) is 11.6. The summed E-state index contributed by atoms with van der Waals surface area (Å²) in [6.07, 6.45) is 1.54. The maximum atomic E-state index is 9.57. The third-order valence-corrected chi connectivity index (χ3v) is 3.65. The summed E-state index contributed by atoms with van der Waals surface area (Å²) in [7, 11) is 0. The second-order valence-electron chi connectivity index (χ2n) is 4.77. The van der Waals surface area contributed by atoms with Gasteiger partial charge >= 0.3 is 0 Å². The Morgan fingerprint density at radius 3 is 2.78 bits per heavy atom. The standard InChI is InChI=1S/C14H21ClN2O/c1-2-16-10-11-3-4-12(15)9-14(11)17-7-5-13(18)6-8-17/h3-4,9,13,16,18H,2,5-8,10H2,1H3. The lowest BCUT2D eigenvalue weighted by Gasteiger charge is -2.33. The van der Waals surface area contributed by atoms with E-state index in [4.69, 9.17) is 11.6 Å². The summed E-state index contributed by atoms with van der Waals surface area (Å²) in [6.45, 7) is 5.73. The van der Waals surface area contributed by atoms with E-state index in [2.05, 4.69) is 23.2 Å². The number of benzene rings is 1. The average Bonchev–Trinajstić information content (AvgIpc) is 2.38. The molecular weight excluding hydrogens is 248 g/mol. The zero-order chi connectivity index (χ0) is 13.0. The molecule has 1 aromatic rings. The largest absolute Gasteiger partial charge is 0.393 e. The molecule has 0 saturated carbocycles. The molecule has 0 aliphatic carbocycles. The van der Waals surface area contributed by atoms with Crippen molar-refractivity contribution in [1.82, 2.24) is 5.32 Å². The molecule has 0 bridgehead atoms. The molecule has 1 fully saturated rings. The smallest absolute Gasteiger partial charge is 0.0574 e. The minimum atomic E-state index is -0.141.